The summed E-state index contributed by atoms with van der Waals surface area (Å²) in [7, 11) is 0.502. The minimum absolute atomic E-state index is 0.00845. The van der Waals surface area contributed by atoms with Crippen molar-refractivity contribution in [3.8, 4) is 0 Å². The molecule has 0 saturated heterocycles. The summed E-state index contributed by atoms with van der Waals surface area (Å²) in [4.78, 5) is 22.0. The molecule has 3 aromatic rings. The van der Waals surface area contributed by atoms with E-state index in [4.69, 9.17) is 4.98 Å². The predicted octanol–water partition coefficient (Wildman–Crippen LogP) is 3.92. The molecule has 0 aliphatic carbocycles. The van der Waals surface area contributed by atoms with Crippen LogP contribution in [0.1, 0.15) is 28.4 Å². The number of nitrogens with zero attached hydrogens (tertiary/aromatic N) is 3. The molecule has 0 aliphatic rings. The Hall–Kier alpha value is -2.29. The predicted molar refractivity (Wildman–Crippen MR) is 123 cm³/mol. The van der Waals surface area contributed by atoms with E-state index in [1.165, 1.54) is 23.5 Å². The fraction of sp³-hybridized carbons (Fsp3) is 0.364. The molecule has 0 unspecified atom stereocenters. The minimum atomic E-state index is -3.39. The molecule has 30 heavy (non-hydrogen) atoms. The van der Waals surface area contributed by atoms with Crippen LogP contribution in [-0.2, 0) is 9.84 Å². The van der Waals surface area contributed by atoms with Crippen molar-refractivity contribution in [1.29, 1.82) is 0 Å². The third-order valence-electron chi connectivity index (χ3n) is 5.14. The molecule has 0 saturated carbocycles. The summed E-state index contributed by atoms with van der Waals surface area (Å²) >= 11 is 1.47. The number of hydrogen-bond acceptors (Lipinski definition) is 6. The average Bonchev–Trinajstić information content (AvgIpc) is 3.15. The molecule has 0 radical (unpaired) electrons. The van der Waals surface area contributed by atoms with E-state index in [0.29, 0.717) is 23.8 Å². The Morgan fingerprint density at radius 3 is 2.50 bits per heavy atom. The third kappa shape index (κ3) is 4.55. The molecule has 2 aromatic carbocycles. The van der Waals surface area contributed by atoms with E-state index in [9.17, 15) is 13.2 Å². The molecule has 1 aromatic heterocycles. The van der Waals surface area contributed by atoms with Crippen LogP contribution < -0.4 is 4.90 Å². The lowest BCUT2D eigenvalue weighted by Crippen LogP contribution is -2.36. The molecule has 160 valence electrons. The maximum Gasteiger partial charge on any atom is 0.260 e. The van der Waals surface area contributed by atoms with Crippen LogP contribution in [0.2, 0.25) is 0 Å². The lowest BCUT2D eigenvalue weighted by Gasteiger charge is -2.22. The number of likely N-dealkylation sites (N-methyl/N-ethyl adjacent to an activating group) is 1. The molecular weight excluding hydrogens is 418 g/mol. The van der Waals surface area contributed by atoms with Crippen LogP contribution in [0.4, 0.5) is 5.13 Å². The molecule has 0 N–H and O–H groups in total. The zero-order valence-corrected chi connectivity index (χ0v) is 19.6. The second kappa shape index (κ2) is 8.83. The Labute approximate surface area is 182 Å². The van der Waals surface area contributed by atoms with Gasteiger partial charge in [0.05, 0.1) is 20.9 Å². The molecule has 0 aliphatic heterocycles. The second-order valence-electron chi connectivity index (χ2n) is 7.54. The van der Waals surface area contributed by atoms with E-state index >= 15 is 0 Å². The van der Waals surface area contributed by atoms with Crippen LogP contribution in [0.3, 0.4) is 0 Å². The van der Waals surface area contributed by atoms with Crippen LogP contribution >= 0.6 is 11.3 Å². The van der Waals surface area contributed by atoms with Gasteiger partial charge in [0.2, 0.25) is 0 Å². The SMILES string of the molecule is CCS(=O)(=O)c1cccc(C(=O)N(CCN(C)C)c2nc3c(C)c(C)ccc3s2)c1. The van der Waals surface area contributed by atoms with Gasteiger partial charge in [-0.2, -0.15) is 0 Å². The fourth-order valence-corrected chi connectivity index (χ4v) is 5.03. The summed E-state index contributed by atoms with van der Waals surface area (Å²) in [6, 6.07) is 10.4. The molecule has 3 rings (SSSR count). The summed E-state index contributed by atoms with van der Waals surface area (Å²) in [6.45, 7) is 6.79. The highest BCUT2D eigenvalue weighted by Gasteiger charge is 2.23. The van der Waals surface area contributed by atoms with Crippen molar-refractivity contribution in [2.45, 2.75) is 25.7 Å². The lowest BCUT2D eigenvalue weighted by atomic mass is 10.1. The number of carbonyl (C=O) groups excluding carboxylic acids is 1. The molecule has 1 heterocycles. The number of hydrogen-bond donors (Lipinski definition) is 0. The summed E-state index contributed by atoms with van der Waals surface area (Å²) < 4.78 is 25.6. The van der Waals surface area contributed by atoms with E-state index < -0.39 is 9.84 Å². The van der Waals surface area contributed by atoms with Crippen molar-refractivity contribution in [2.24, 2.45) is 0 Å². The van der Waals surface area contributed by atoms with Gasteiger partial charge in [0.1, 0.15) is 0 Å². The first-order valence-electron chi connectivity index (χ1n) is 9.80. The van der Waals surface area contributed by atoms with Crippen molar-refractivity contribution in [3.63, 3.8) is 0 Å². The van der Waals surface area contributed by atoms with Gasteiger partial charge in [0.15, 0.2) is 15.0 Å². The van der Waals surface area contributed by atoms with Gasteiger partial charge in [-0.1, -0.05) is 30.4 Å². The molecule has 0 spiro atoms. The van der Waals surface area contributed by atoms with Gasteiger partial charge in [-0.05, 0) is 63.3 Å². The number of sulfone groups is 1. The number of aromatic nitrogens is 1. The number of rotatable bonds is 7. The molecule has 6 nitrogen and oxygen atoms in total. The highest BCUT2D eigenvalue weighted by Crippen LogP contribution is 2.32. The van der Waals surface area contributed by atoms with Crippen LogP contribution in [0.25, 0.3) is 10.2 Å². The Kier molecular flexibility index (Phi) is 6.59. The van der Waals surface area contributed by atoms with Crippen molar-refractivity contribution in [1.82, 2.24) is 9.88 Å². The van der Waals surface area contributed by atoms with Gasteiger partial charge in [0.25, 0.3) is 5.91 Å². The summed E-state index contributed by atoms with van der Waals surface area (Å²) in [5.74, 6) is -0.260. The normalized spacial score (nSPS) is 11.9. The van der Waals surface area contributed by atoms with Gasteiger partial charge in [-0.15, -0.1) is 0 Å². The zero-order valence-electron chi connectivity index (χ0n) is 18.0. The monoisotopic (exact) mass is 445 g/mol. The molecule has 0 atom stereocenters. The molecular formula is C22H27N3O3S2. The maximum absolute atomic E-state index is 13.4. The number of carbonyl (C=O) groups is 1. The number of benzene rings is 2. The zero-order chi connectivity index (χ0) is 22.1. The van der Waals surface area contributed by atoms with E-state index in [2.05, 4.69) is 6.07 Å². The fourth-order valence-electron chi connectivity index (χ4n) is 3.06. The van der Waals surface area contributed by atoms with Crippen molar-refractivity contribution in [2.75, 3.05) is 37.8 Å². The van der Waals surface area contributed by atoms with Crippen LogP contribution in [0, 0.1) is 13.8 Å². The minimum Gasteiger partial charge on any atom is -0.308 e. The van der Waals surface area contributed by atoms with Gasteiger partial charge in [-0.25, -0.2) is 13.4 Å². The Bertz CT molecular complexity index is 1180. The largest absolute Gasteiger partial charge is 0.308 e. The number of aryl methyl sites for hydroxylation is 2. The smallest absolute Gasteiger partial charge is 0.260 e. The van der Waals surface area contributed by atoms with E-state index in [1.54, 1.807) is 24.0 Å². The number of fused-ring (bicyclic) bond motifs is 1. The Balaban J connectivity index is 2.05. The van der Waals surface area contributed by atoms with Gasteiger partial charge >= 0.3 is 0 Å². The molecule has 0 bridgehead atoms. The first-order chi connectivity index (χ1) is 14.1. The summed E-state index contributed by atoms with van der Waals surface area (Å²) in [6.07, 6.45) is 0. The van der Waals surface area contributed by atoms with Crippen LogP contribution in [0.5, 0.6) is 0 Å². The van der Waals surface area contributed by atoms with Crippen molar-refractivity contribution < 1.29 is 13.2 Å². The maximum atomic E-state index is 13.4. The van der Waals surface area contributed by atoms with Crippen molar-refractivity contribution >= 4 is 42.4 Å². The highest BCUT2D eigenvalue weighted by atomic mass is 32.2. The van der Waals surface area contributed by atoms with E-state index in [0.717, 1.165) is 21.3 Å². The number of anilines is 1. The topological polar surface area (TPSA) is 70.6 Å². The average molecular weight is 446 g/mol. The molecule has 0 fully saturated rings. The second-order valence-corrected chi connectivity index (χ2v) is 10.8. The van der Waals surface area contributed by atoms with E-state index in [-0.39, 0.29) is 16.6 Å². The summed E-state index contributed by atoms with van der Waals surface area (Å²) in [5, 5.41) is 0.620. The third-order valence-corrected chi connectivity index (χ3v) is 7.92. The Morgan fingerprint density at radius 2 is 1.83 bits per heavy atom. The van der Waals surface area contributed by atoms with E-state index in [1.807, 2.05) is 38.9 Å². The Morgan fingerprint density at radius 1 is 1.10 bits per heavy atom. The van der Waals surface area contributed by atoms with Crippen LogP contribution in [0.15, 0.2) is 41.3 Å². The van der Waals surface area contributed by atoms with Crippen LogP contribution in [-0.4, -0.2) is 57.1 Å². The standard InChI is InChI=1S/C22H27N3O3S2/c1-6-30(27,28)18-9-7-8-17(14-18)21(26)25(13-12-24(4)5)22-23-20-16(3)15(2)10-11-19(20)29-22/h7-11,14H,6,12-13H2,1-5H3. The number of amides is 1. The van der Waals surface area contributed by atoms with Gasteiger partial charge in [-0.3, -0.25) is 9.69 Å². The van der Waals surface area contributed by atoms with Gasteiger partial charge < -0.3 is 4.90 Å². The highest BCUT2D eigenvalue weighted by molar-refractivity contribution is 7.91. The number of thiazole rings is 1. The first kappa shape index (κ1) is 22.4. The summed E-state index contributed by atoms with van der Waals surface area (Å²) in [5.41, 5.74) is 3.50. The molecule has 8 heteroatoms. The molecule has 1 amide bonds. The van der Waals surface area contributed by atoms with Gasteiger partial charge in [0, 0.05) is 18.7 Å². The van der Waals surface area contributed by atoms with Crippen molar-refractivity contribution in [3.05, 3.63) is 53.1 Å². The first-order valence-corrected chi connectivity index (χ1v) is 12.3. The quantitative estimate of drug-likeness (QED) is 0.551. The lowest BCUT2D eigenvalue weighted by molar-refractivity contribution is 0.0985.